The third-order valence-corrected chi connectivity index (χ3v) is 8.26. The number of rotatable bonds is 8. The van der Waals surface area contributed by atoms with Crippen molar-refractivity contribution in [3.05, 3.63) is 47.5 Å². The molecule has 186 valence electrons. The zero-order chi connectivity index (χ0) is 24.3. The van der Waals surface area contributed by atoms with Gasteiger partial charge in [-0.2, -0.15) is 0 Å². The van der Waals surface area contributed by atoms with Crippen LogP contribution in [-0.2, 0) is 10.8 Å². The summed E-state index contributed by atoms with van der Waals surface area (Å²) in [6.45, 7) is 14.4. The van der Waals surface area contributed by atoms with Gasteiger partial charge < -0.3 is 15.7 Å². The summed E-state index contributed by atoms with van der Waals surface area (Å²) < 4.78 is 0. The van der Waals surface area contributed by atoms with Gasteiger partial charge >= 0.3 is 0 Å². The molecule has 2 aromatic rings. The van der Waals surface area contributed by atoms with Crippen molar-refractivity contribution in [3.63, 3.8) is 0 Å². The number of benzene rings is 1. The molecule has 5 nitrogen and oxygen atoms in total. The van der Waals surface area contributed by atoms with Gasteiger partial charge in [-0.1, -0.05) is 45.9 Å². The van der Waals surface area contributed by atoms with Crippen molar-refractivity contribution < 1.29 is 5.11 Å². The minimum atomic E-state index is 0.200. The molecule has 1 aromatic heterocycles. The Hall–Kier alpha value is -1.95. The maximum Gasteiger partial charge on any atom is 0.129 e. The molecule has 2 aliphatic rings. The molecule has 3 N–H and O–H groups in total. The summed E-state index contributed by atoms with van der Waals surface area (Å²) >= 11 is 0. The van der Waals surface area contributed by atoms with Gasteiger partial charge in [0.25, 0.3) is 0 Å². The van der Waals surface area contributed by atoms with Crippen LogP contribution in [0.5, 0.6) is 0 Å². The van der Waals surface area contributed by atoms with Crippen molar-refractivity contribution in [2.45, 2.75) is 76.7 Å². The first-order chi connectivity index (χ1) is 16.2. The van der Waals surface area contributed by atoms with Gasteiger partial charge in [0.15, 0.2) is 0 Å². The molecular weight excluding hydrogens is 420 g/mol. The Kier molecular flexibility index (Phi) is 7.66. The molecule has 1 atom stereocenters. The molecule has 0 bridgehead atoms. The highest BCUT2D eigenvalue weighted by Crippen LogP contribution is 2.46. The smallest absolute Gasteiger partial charge is 0.129 e. The van der Waals surface area contributed by atoms with Crippen molar-refractivity contribution in [1.82, 2.24) is 9.88 Å². The van der Waals surface area contributed by atoms with E-state index < -0.39 is 0 Å². The van der Waals surface area contributed by atoms with Crippen LogP contribution in [0.4, 0.5) is 5.82 Å². The number of aromatic nitrogens is 1. The lowest BCUT2D eigenvalue weighted by Gasteiger charge is -2.42. The molecule has 5 heteroatoms. The highest BCUT2D eigenvalue weighted by atomic mass is 16.2. The minimum Gasteiger partial charge on any atom is -0.396 e. The predicted octanol–water partition coefficient (Wildman–Crippen LogP) is 4.71. The van der Waals surface area contributed by atoms with Gasteiger partial charge in [-0.15, -0.1) is 0 Å². The topological polar surface area (TPSA) is 65.6 Å². The monoisotopic (exact) mass is 464 g/mol. The van der Waals surface area contributed by atoms with Crippen LogP contribution in [0, 0.1) is 0 Å². The molecule has 0 saturated carbocycles. The molecule has 0 amide bonds. The lowest BCUT2D eigenvalue weighted by Crippen LogP contribution is -2.52. The number of unbranched alkanes of at least 4 members (excludes halogenated alkanes) is 1. The number of anilines is 1. The van der Waals surface area contributed by atoms with E-state index in [1.54, 1.807) is 0 Å². The fraction of sp³-hybridized carbons (Fsp3) is 0.621. The van der Waals surface area contributed by atoms with Crippen LogP contribution < -0.4 is 10.6 Å². The summed E-state index contributed by atoms with van der Waals surface area (Å²) in [6, 6.07) is 13.9. The number of piperazine rings is 1. The predicted molar refractivity (Wildman–Crippen MR) is 143 cm³/mol. The van der Waals surface area contributed by atoms with E-state index in [4.69, 9.17) is 15.8 Å². The van der Waals surface area contributed by atoms with Crippen LogP contribution in [0.25, 0.3) is 11.3 Å². The second-order valence-corrected chi connectivity index (χ2v) is 11.5. The standard InChI is InChI=1S/C29H44N4O/c1-28(2)13-14-29(3,4)25-20-22(11-12-24(25)28)26-9-7-10-27(31-26)33-17-15-32(16-18-33)23(21-30)8-5-6-19-34/h7,9-12,20,23,34H,5-6,8,13-19,21,30H2,1-4H3. The van der Waals surface area contributed by atoms with Gasteiger partial charge in [-0.25, -0.2) is 4.98 Å². The third-order valence-electron chi connectivity index (χ3n) is 8.26. The van der Waals surface area contributed by atoms with E-state index in [1.165, 1.54) is 29.5 Å². The maximum atomic E-state index is 9.08. The Balaban J connectivity index is 1.48. The molecule has 1 aliphatic heterocycles. The van der Waals surface area contributed by atoms with Crippen molar-refractivity contribution in [2.75, 3.05) is 44.2 Å². The number of aliphatic hydroxyl groups excluding tert-OH is 1. The molecule has 1 aromatic carbocycles. The van der Waals surface area contributed by atoms with Crippen LogP contribution in [-0.4, -0.2) is 60.4 Å². The van der Waals surface area contributed by atoms with E-state index in [0.717, 1.165) is 57.0 Å². The first-order valence-corrected chi connectivity index (χ1v) is 13.2. The van der Waals surface area contributed by atoms with Crippen LogP contribution in [0.2, 0.25) is 0 Å². The average molecular weight is 465 g/mol. The summed E-state index contributed by atoms with van der Waals surface area (Å²) in [4.78, 5) is 10.0. The van der Waals surface area contributed by atoms with Gasteiger partial charge in [-0.3, -0.25) is 4.90 Å². The molecule has 34 heavy (non-hydrogen) atoms. The van der Waals surface area contributed by atoms with Crippen molar-refractivity contribution in [3.8, 4) is 11.3 Å². The highest BCUT2D eigenvalue weighted by molar-refractivity contribution is 5.65. The number of pyridine rings is 1. The van der Waals surface area contributed by atoms with Crippen molar-refractivity contribution >= 4 is 5.82 Å². The zero-order valence-corrected chi connectivity index (χ0v) is 21.7. The van der Waals surface area contributed by atoms with Crippen molar-refractivity contribution in [1.29, 1.82) is 0 Å². The maximum absolute atomic E-state index is 9.08. The van der Waals surface area contributed by atoms with E-state index in [0.29, 0.717) is 12.6 Å². The summed E-state index contributed by atoms with van der Waals surface area (Å²) in [5.74, 6) is 1.07. The molecular formula is C29H44N4O. The fourth-order valence-corrected chi connectivity index (χ4v) is 5.77. The van der Waals surface area contributed by atoms with Crippen molar-refractivity contribution in [2.24, 2.45) is 5.73 Å². The first kappa shape index (κ1) is 25.2. The molecule has 1 fully saturated rings. The second kappa shape index (κ2) is 10.3. The molecule has 1 unspecified atom stereocenters. The van der Waals surface area contributed by atoms with Gasteiger partial charge in [0.1, 0.15) is 5.82 Å². The number of hydrogen-bond donors (Lipinski definition) is 2. The fourth-order valence-electron chi connectivity index (χ4n) is 5.77. The van der Waals surface area contributed by atoms with Gasteiger partial charge in [0, 0.05) is 50.9 Å². The van der Waals surface area contributed by atoms with Crippen LogP contribution in [0.1, 0.15) is 70.9 Å². The number of nitrogens with zero attached hydrogens (tertiary/aromatic N) is 3. The summed E-state index contributed by atoms with van der Waals surface area (Å²) in [5, 5.41) is 9.08. The van der Waals surface area contributed by atoms with E-state index in [-0.39, 0.29) is 17.4 Å². The molecule has 2 heterocycles. The molecule has 4 rings (SSSR count). The minimum absolute atomic E-state index is 0.200. The van der Waals surface area contributed by atoms with Crippen LogP contribution in [0.3, 0.4) is 0 Å². The number of fused-ring (bicyclic) bond motifs is 1. The molecule has 1 aliphatic carbocycles. The Morgan fingerprint density at radius 2 is 1.65 bits per heavy atom. The van der Waals surface area contributed by atoms with Crippen LogP contribution >= 0.6 is 0 Å². The Labute approximate surface area is 206 Å². The normalized spacial score (nSPS) is 20.7. The Morgan fingerprint density at radius 3 is 2.32 bits per heavy atom. The Morgan fingerprint density at radius 1 is 0.941 bits per heavy atom. The third kappa shape index (κ3) is 5.32. The summed E-state index contributed by atoms with van der Waals surface area (Å²) in [7, 11) is 0. The lowest BCUT2D eigenvalue weighted by atomic mass is 9.63. The lowest BCUT2D eigenvalue weighted by molar-refractivity contribution is 0.173. The Bertz CT molecular complexity index is 962. The molecule has 0 radical (unpaired) electrons. The van der Waals surface area contributed by atoms with Gasteiger partial charge in [0.2, 0.25) is 0 Å². The molecule has 0 spiro atoms. The van der Waals surface area contributed by atoms with E-state index in [9.17, 15) is 0 Å². The number of nitrogens with two attached hydrogens (primary N) is 1. The van der Waals surface area contributed by atoms with Gasteiger partial charge in [0.05, 0.1) is 5.69 Å². The summed E-state index contributed by atoms with van der Waals surface area (Å²) in [5.41, 5.74) is 11.8. The first-order valence-electron chi connectivity index (χ1n) is 13.2. The summed E-state index contributed by atoms with van der Waals surface area (Å²) in [6.07, 6.45) is 5.42. The zero-order valence-electron chi connectivity index (χ0n) is 21.7. The average Bonchev–Trinajstić information content (AvgIpc) is 2.85. The SMILES string of the molecule is CC1(C)CCC(C)(C)c2cc(-c3cccc(N4CCN(C(CN)CCCCO)CC4)n3)ccc21. The van der Waals surface area contributed by atoms with E-state index in [2.05, 4.69) is 73.9 Å². The number of aliphatic hydroxyl groups is 1. The van der Waals surface area contributed by atoms with E-state index >= 15 is 0 Å². The largest absolute Gasteiger partial charge is 0.396 e. The van der Waals surface area contributed by atoms with Gasteiger partial charge in [-0.05, 0) is 72.3 Å². The quantitative estimate of drug-likeness (QED) is 0.554. The number of hydrogen-bond acceptors (Lipinski definition) is 5. The van der Waals surface area contributed by atoms with E-state index in [1.807, 2.05) is 0 Å². The molecule has 1 saturated heterocycles. The second-order valence-electron chi connectivity index (χ2n) is 11.5. The highest BCUT2D eigenvalue weighted by Gasteiger charge is 2.37. The van der Waals surface area contributed by atoms with Crippen LogP contribution in [0.15, 0.2) is 36.4 Å².